The van der Waals surface area contributed by atoms with Gasteiger partial charge in [0.2, 0.25) is 0 Å². The van der Waals surface area contributed by atoms with Crippen LogP contribution in [0.15, 0.2) is 47.4 Å². The molecule has 0 aliphatic carbocycles. The summed E-state index contributed by atoms with van der Waals surface area (Å²) in [6, 6.07) is 9.89. The first-order chi connectivity index (χ1) is 11.6. The predicted molar refractivity (Wildman–Crippen MR) is 96.7 cm³/mol. The van der Waals surface area contributed by atoms with Gasteiger partial charge >= 0.3 is 0 Å². The second kappa shape index (κ2) is 7.25. The van der Waals surface area contributed by atoms with Crippen LogP contribution >= 0.6 is 11.6 Å². The lowest BCUT2D eigenvalue weighted by atomic mass is 10.2. The average Bonchev–Trinajstić information content (AvgIpc) is 2.56. The lowest BCUT2D eigenvalue weighted by molar-refractivity contribution is 0.0827. The van der Waals surface area contributed by atoms with E-state index in [1.54, 1.807) is 14.1 Å². The summed E-state index contributed by atoms with van der Waals surface area (Å²) in [6.07, 6.45) is 0. The van der Waals surface area contributed by atoms with Gasteiger partial charge in [0, 0.05) is 25.2 Å². The van der Waals surface area contributed by atoms with Gasteiger partial charge in [0.05, 0.1) is 15.6 Å². The van der Waals surface area contributed by atoms with Crippen LogP contribution in [0.5, 0.6) is 0 Å². The van der Waals surface area contributed by atoms with Crippen LogP contribution in [-0.4, -0.2) is 39.1 Å². The number of hydrogen-bond acceptors (Lipinski definition) is 4. The molecule has 0 radical (unpaired) electrons. The zero-order valence-corrected chi connectivity index (χ0v) is 15.5. The molecule has 1 amide bonds. The number of carbonyl (C=O) groups is 2. The van der Waals surface area contributed by atoms with E-state index >= 15 is 0 Å². The number of nitrogens with one attached hydrogen (secondary N) is 1. The van der Waals surface area contributed by atoms with E-state index in [1.165, 1.54) is 54.3 Å². The van der Waals surface area contributed by atoms with Crippen molar-refractivity contribution < 1.29 is 18.0 Å². The molecule has 0 aliphatic rings. The molecule has 25 heavy (non-hydrogen) atoms. The smallest absolute Gasteiger partial charge is 0.261 e. The van der Waals surface area contributed by atoms with E-state index in [9.17, 15) is 18.0 Å². The van der Waals surface area contributed by atoms with Gasteiger partial charge in [0.25, 0.3) is 15.9 Å². The Balaban J connectivity index is 2.35. The molecule has 0 saturated heterocycles. The molecule has 2 aromatic carbocycles. The number of halogens is 1. The van der Waals surface area contributed by atoms with E-state index in [2.05, 4.69) is 4.72 Å². The van der Waals surface area contributed by atoms with Crippen LogP contribution in [0.3, 0.4) is 0 Å². The topological polar surface area (TPSA) is 83.5 Å². The van der Waals surface area contributed by atoms with E-state index in [1.807, 2.05) is 0 Å². The van der Waals surface area contributed by atoms with E-state index in [4.69, 9.17) is 11.6 Å². The highest BCUT2D eigenvalue weighted by Crippen LogP contribution is 2.26. The number of benzene rings is 2. The Hall–Kier alpha value is -2.38. The van der Waals surface area contributed by atoms with Crippen molar-refractivity contribution in [1.82, 2.24) is 4.90 Å². The Morgan fingerprint density at radius 3 is 2.08 bits per heavy atom. The molecule has 0 saturated carbocycles. The highest BCUT2D eigenvalue weighted by Gasteiger charge is 2.18. The van der Waals surface area contributed by atoms with Gasteiger partial charge in [0.1, 0.15) is 0 Å². The van der Waals surface area contributed by atoms with Crippen molar-refractivity contribution in [2.75, 3.05) is 18.8 Å². The van der Waals surface area contributed by atoms with E-state index in [0.29, 0.717) is 11.1 Å². The molecule has 8 heteroatoms. The third kappa shape index (κ3) is 4.37. The molecular weight excluding hydrogens is 364 g/mol. The highest BCUT2D eigenvalue weighted by atomic mass is 35.5. The minimum atomic E-state index is -3.91. The maximum Gasteiger partial charge on any atom is 0.261 e. The summed E-state index contributed by atoms with van der Waals surface area (Å²) >= 11 is 6.04. The third-order valence-corrected chi connectivity index (χ3v) is 5.15. The monoisotopic (exact) mass is 380 g/mol. The van der Waals surface area contributed by atoms with E-state index < -0.39 is 10.0 Å². The molecule has 0 unspecified atom stereocenters. The zero-order chi connectivity index (χ0) is 18.8. The Morgan fingerprint density at radius 2 is 1.56 bits per heavy atom. The summed E-state index contributed by atoms with van der Waals surface area (Å²) in [5.74, 6) is -0.433. The number of rotatable bonds is 5. The maximum atomic E-state index is 12.5. The van der Waals surface area contributed by atoms with Crippen LogP contribution in [0.4, 0.5) is 5.69 Å². The minimum absolute atomic E-state index is 0.0158. The molecule has 0 aliphatic heterocycles. The number of nitrogens with zero attached hydrogens (tertiary/aromatic N) is 1. The molecule has 0 aromatic heterocycles. The molecule has 132 valence electrons. The van der Waals surface area contributed by atoms with Crippen molar-refractivity contribution in [3.8, 4) is 0 Å². The minimum Gasteiger partial charge on any atom is -0.345 e. The van der Waals surface area contributed by atoms with Crippen molar-refractivity contribution in [3.05, 3.63) is 58.6 Å². The lowest BCUT2D eigenvalue weighted by Crippen LogP contribution is -2.22. The molecule has 0 heterocycles. The van der Waals surface area contributed by atoms with Crippen molar-refractivity contribution in [3.63, 3.8) is 0 Å². The van der Waals surface area contributed by atoms with Crippen molar-refractivity contribution in [2.24, 2.45) is 0 Å². The normalized spacial score (nSPS) is 11.0. The van der Waals surface area contributed by atoms with E-state index in [-0.39, 0.29) is 27.3 Å². The summed E-state index contributed by atoms with van der Waals surface area (Å²) in [4.78, 5) is 24.7. The highest BCUT2D eigenvalue weighted by molar-refractivity contribution is 7.92. The summed E-state index contributed by atoms with van der Waals surface area (Å²) < 4.78 is 27.4. The van der Waals surface area contributed by atoms with Gasteiger partial charge in [-0.05, 0) is 37.3 Å². The number of amides is 1. The van der Waals surface area contributed by atoms with E-state index in [0.717, 1.165) is 0 Å². The summed E-state index contributed by atoms with van der Waals surface area (Å²) in [7, 11) is -0.722. The molecule has 0 bridgehead atoms. The van der Waals surface area contributed by atoms with Gasteiger partial charge in [-0.2, -0.15) is 0 Å². The first-order valence-corrected chi connectivity index (χ1v) is 9.13. The predicted octanol–water partition coefficient (Wildman–Crippen LogP) is 3.05. The summed E-state index contributed by atoms with van der Waals surface area (Å²) in [5, 5.41) is 0.166. The second-order valence-electron chi connectivity index (χ2n) is 5.58. The Morgan fingerprint density at radius 1 is 1.00 bits per heavy atom. The Labute approximate surface area is 151 Å². The lowest BCUT2D eigenvalue weighted by Gasteiger charge is -2.14. The van der Waals surface area contributed by atoms with Gasteiger partial charge in [0.15, 0.2) is 5.78 Å². The van der Waals surface area contributed by atoms with Crippen LogP contribution in [0, 0.1) is 0 Å². The van der Waals surface area contributed by atoms with Crippen LogP contribution in [0.1, 0.15) is 27.6 Å². The number of sulfonamides is 1. The maximum absolute atomic E-state index is 12.5. The molecule has 2 aromatic rings. The van der Waals surface area contributed by atoms with Crippen LogP contribution in [0.25, 0.3) is 0 Å². The van der Waals surface area contributed by atoms with Crippen molar-refractivity contribution >= 4 is 39.0 Å². The van der Waals surface area contributed by atoms with Crippen molar-refractivity contribution in [1.29, 1.82) is 0 Å². The second-order valence-corrected chi connectivity index (χ2v) is 7.67. The molecule has 0 fully saturated rings. The van der Waals surface area contributed by atoms with Gasteiger partial charge in [-0.15, -0.1) is 0 Å². The molecular formula is C17H17ClN2O4S. The largest absolute Gasteiger partial charge is 0.345 e. The molecule has 6 nitrogen and oxygen atoms in total. The molecule has 2 rings (SSSR count). The quantitative estimate of drug-likeness (QED) is 0.808. The first-order valence-electron chi connectivity index (χ1n) is 7.27. The molecule has 0 spiro atoms. The Bertz CT molecular complexity index is 922. The fraction of sp³-hybridized carbons (Fsp3) is 0.176. The Kier molecular flexibility index (Phi) is 5.49. The molecule has 0 atom stereocenters. The average molecular weight is 381 g/mol. The summed E-state index contributed by atoms with van der Waals surface area (Å²) in [6.45, 7) is 1.40. The van der Waals surface area contributed by atoms with Crippen LogP contribution in [0.2, 0.25) is 5.02 Å². The number of carbonyl (C=O) groups excluding carboxylic acids is 2. The standard InChI is InChI=1S/C17H17ClN2O4S/c1-11(21)12-4-7-14(8-5-12)25(23,24)19-16-10-13(6-9-15(16)18)17(22)20(2)3/h4-10,19H,1-3H3. The fourth-order valence-corrected chi connectivity index (χ4v) is 3.36. The van der Waals surface area contributed by atoms with Gasteiger partial charge < -0.3 is 4.90 Å². The number of ketones is 1. The van der Waals surface area contributed by atoms with Gasteiger partial charge in [-0.3, -0.25) is 14.3 Å². The number of anilines is 1. The van der Waals surface area contributed by atoms with Crippen LogP contribution in [-0.2, 0) is 10.0 Å². The van der Waals surface area contributed by atoms with Crippen molar-refractivity contribution in [2.45, 2.75) is 11.8 Å². The van der Waals surface area contributed by atoms with Gasteiger partial charge in [-0.1, -0.05) is 23.7 Å². The zero-order valence-electron chi connectivity index (χ0n) is 13.9. The number of Topliss-reactive ketones (excluding diaryl/α,β-unsaturated/α-hetero) is 1. The SMILES string of the molecule is CC(=O)c1ccc(S(=O)(=O)Nc2cc(C(=O)N(C)C)ccc2Cl)cc1. The third-order valence-electron chi connectivity index (χ3n) is 3.43. The molecule has 1 N–H and O–H groups in total. The van der Waals surface area contributed by atoms with Gasteiger partial charge in [-0.25, -0.2) is 8.42 Å². The number of hydrogen-bond donors (Lipinski definition) is 1. The summed E-state index contributed by atoms with van der Waals surface area (Å²) in [5.41, 5.74) is 0.819. The first kappa shape index (κ1) is 19.0. The fourth-order valence-electron chi connectivity index (χ4n) is 2.07. The van der Waals surface area contributed by atoms with Crippen LogP contribution < -0.4 is 4.72 Å².